The first kappa shape index (κ1) is 72.3. The Morgan fingerprint density at radius 2 is 0.571 bits per heavy atom. The Morgan fingerprint density at radius 1 is 0.345 bits per heavy atom. The van der Waals surface area contributed by atoms with Crippen LogP contribution in [0.2, 0.25) is 0 Å². The summed E-state index contributed by atoms with van der Waals surface area (Å²) in [5.41, 5.74) is 2.07. The molecule has 0 aliphatic heterocycles. The molecule has 0 aromatic rings. The minimum Gasteiger partial charge on any atom is -0.502 e. The van der Waals surface area contributed by atoms with Gasteiger partial charge in [0.05, 0.1) is 32.7 Å². The highest BCUT2D eigenvalue weighted by molar-refractivity contribution is 5.89. The smallest absolute Gasteiger partial charge is 0.333 e. The molecule has 6 fully saturated rings. The van der Waals surface area contributed by atoms with Gasteiger partial charge in [-0.3, -0.25) is 0 Å². The topological polar surface area (TPSA) is 193 Å². The average Bonchev–Trinajstić information content (AvgIpc) is 3.71. The number of carbonyl (C=O) groups is 7. The Bertz CT molecular complexity index is 2030. The van der Waals surface area contributed by atoms with Gasteiger partial charge in [-0.15, -0.1) is 0 Å². The lowest BCUT2D eigenvalue weighted by atomic mass is 9.72. The van der Waals surface area contributed by atoms with Gasteiger partial charge >= 0.3 is 41.8 Å². The van der Waals surface area contributed by atoms with Crippen molar-refractivity contribution in [3.63, 3.8) is 0 Å². The van der Waals surface area contributed by atoms with Crippen molar-refractivity contribution in [2.75, 3.05) is 26.4 Å². The van der Waals surface area contributed by atoms with Gasteiger partial charge in [0.1, 0.15) is 24.4 Å². The fourth-order valence-electron chi connectivity index (χ4n) is 12.1. The van der Waals surface area contributed by atoms with E-state index in [1.54, 1.807) is 13.8 Å². The van der Waals surface area contributed by atoms with Crippen LogP contribution in [-0.2, 0) is 71.5 Å². The second kappa shape index (κ2) is 40.3. The van der Waals surface area contributed by atoms with E-state index in [0.29, 0.717) is 102 Å². The van der Waals surface area contributed by atoms with Gasteiger partial charge in [0.25, 0.3) is 0 Å². The molecule has 0 N–H and O–H groups in total. The van der Waals surface area contributed by atoms with Gasteiger partial charge in [0.15, 0.2) is 0 Å². The monoisotopic (exact) mass is 1170 g/mol. The standard InChI is InChI=1S/C22H34O4.C20H30O4.C14H20O4.C13H20O3/c1-5-15(3)21(23)25-19-11-7-17(8-12-19)18-9-13-20(14-10-18)26-22(24)16(4)6-2;1-13(2)19(21)23-17-9-5-15(6-10-17)16-7-11-18(12-8-16)24-20(22)14(3)4;1-3-13(15)17-9-11-5-7-12(8-6-11)10-18-14(16)4-2;1-3-13(14)16-10-12-7-5-11(6-8-12)9-15-4-2/h17-20H,3-14H2,1-2H3;15-18H,1,3,5-12H2,2,4H3;3-4,11-12H,1-2,5-10H2;3-4,11-12H,1-2,5-10H2. The lowest BCUT2D eigenvalue weighted by Crippen LogP contribution is -2.32. The number of hydrogen-bond acceptors (Lipinski definition) is 15. The van der Waals surface area contributed by atoms with Crippen molar-refractivity contribution in [3.8, 4) is 0 Å². The minimum atomic E-state index is -0.364. The van der Waals surface area contributed by atoms with Crippen molar-refractivity contribution in [1.82, 2.24) is 0 Å². The minimum absolute atomic E-state index is 0.0540. The summed E-state index contributed by atoms with van der Waals surface area (Å²) < 4.78 is 42.4. The van der Waals surface area contributed by atoms with Crippen molar-refractivity contribution in [2.24, 2.45) is 47.3 Å². The molecule has 0 bridgehead atoms. The van der Waals surface area contributed by atoms with Crippen LogP contribution in [0.5, 0.6) is 0 Å². The Balaban J connectivity index is 0.000000299. The molecule has 15 nitrogen and oxygen atoms in total. The highest BCUT2D eigenvalue weighted by Crippen LogP contribution is 2.42. The van der Waals surface area contributed by atoms with Gasteiger partial charge in [-0.25, -0.2) is 33.6 Å². The van der Waals surface area contributed by atoms with Crippen LogP contribution < -0.4 is 0 Å². The molecule has 6 saturated carbocycles. The zero-order valence-electron chi connectivity index (χ0n) is 51.7. The van der Waals surface area contributed by atoms with Gasteiger partial charge < -0.3 is 37.9 Å². The fraction of sp³-hybridized carbons (Fsp3) is 0.667. The van der Waals surface area contributed by atoms with Gasteiger partial charge in [-0.1, -0.05) is 66.5 Å². The zero-order chi connectivity index (χ0) is 62.0. The van der Waals surface area contributed by atoms with Crippen LogP contribution >= 0.6 is 0 Å². The molecule has 6 rings (SSSR count). The predicted octanol–water partition coefficient (Wildman–Crippen LogP) is 14.4. The first-order valence-electron chi connectivity index (χ1n) is 31.3. The van der Waals surface area contributed by atoms with Crippen molar-refractivity contribution in [1.29, 1.82) is 0 Å². The summed E-state index contributed by atoms with van der Waals surface area (Å²) in [5, 5.41) is 0. The first-order chi connectivity index (χ1) is 40.2. The summed E-state index contributed by atoms with van der Waals surface area (Å²) >= 11 is 0. The SMILES string of the molecule is C=C(C)C(=O)OC1CCC(C2CCC(OC(=O)C(=C)C)CC2)CC1.C=C(CC)C(=O)OC1CCC(C2CCC(OC(=O)C(=C)CC)CC2)CC1.C=CC(=O)OCC1CCC(COC(=O)C=C)CC1.C=COCC1CCC(COC(=O)C=C)CC1. The van der Waals surface area contributed by atoms with Crippen LogP contribution in [0.15, 0.2) is 99.4 Å². The maximum absolute atomic E-state index is 11.8. The van der Waals surface area contributed by atoms with Crippen LogP contribution in [-0.4, -0.2) is 92.6 Å². The Labute approximate surface area is 503 Å². The maximum atomic E-state index is 11.8. The lowest BCUT2D eigenvalue weighted by Gasteiger charge is -2.37. The molecule has 6 aliphatic rings. The molecule has 0 aromatic heterocycles. The van der Waals surface area contributed by atoms with Crippen LogP contribution in [0.4, 0.5) is 0 Å². The van der Waals surface area contributed by atoms with Gasteiger partial charge in [0, 0.05) is 40.5 Å². The van der Waals surface area contributed by atoms with E-state index in [-0.39, 0.29) is 66.2 Å². The molecule has 0 saturated heterocycles. The number of esters is 7. The van der Waals surface area contributed by atoms with Gasteiger partial charge in [0.2, 0.25) is 0 Å². The highest BCUT2D eigenvalue weighted by Gasteiger charge is 2.35. The summed E-state index contributed by atoms with van der Waals surface area (Å²) in [6.07, 6.45) is 31.7. The maximum Gasteiger partial charge on any atom is 0.333 e. The predicted molar refractivity (Wildman–Crippen MR) is 326 cm³/mol. The molecular formula is C69H104O15. The van der Waals surface area contributed by atoms with Crippen LogP contribution in [0.3, 0.4) is 0 Å². The van der Waals surface area contributed by atoms with Crippen LogP contribution in [0.1, 0.15) is 195 Å². The quantitative estimate of drug-likeness (QED) is 0.0383. The van der Waals surface area contributed by atoms with E-state index in [2.05, 4.69) is 52.6 Å². The third-order valence-electron chi connectivity index (χ3n) is 17.7. The fourth-order valence-corrected chi connectivity index (χ4v) is 12.1. The number of ether oxygens (including phenoxy) is 8. The van der Waals surface area contributed by atoms with Crippen LogP contribution in [0, 0.1) is 47.3 Å². The molecule has 15 heteroatoms. The third kappa shape index (κ3) is 28.3. The molecule has 0 radical (unpaired) electrons. The number of hydrogen-bond donors (Lipinski definition) is 0. The normalized spacial score (nSPS) is 27.1. The van der Waals surface area contributed by atoms with E-state index in [1.807, 2.05) is 13.8 Å². The molecule has 0 heterocycles. The summed E-state index contributed by atoms with van der Waals surface area (Å²) in [5.74, 6) is 2.77. The second-order valence-electron chi connectivity index (χ2n) is 24.0. The molecule has 0 amide bonds. The zero-order valence-corrected chi connectivity index (χ0v) is 51.7. The van der Waals surface area contributed by atoms with Crippen molar-refractivity contribution >= 4 is 41.8 Å². The summed E-state index contributed by atoms with van der Waals surface area (Å²) in [6.45, 7) is 37.8. The molecule has 0 spiro atoms. The lowest BCUT2D eigenvalue weighted by molar-refractivity contribution is -0.148. The number of carbonyl (C=O) groups excluding carboxylic acids is 7. The largest absolute Gasteiger partial charge is 0.502 e. The average molecular weight is 1170 g/mol. The van der Waals surface area contributed by atoms with E-state index < -0.39 is 0 Å². The second-order valence-corrected chi connectivity index (χ2v) is 24.0. The van der Waals surface area contributed by atoms with Crippen molar-refractivity contribution < 1.29 is 71.5 Å². The Morgan fingerprint density at radius 3 is 0.774 bits per heavy atom. The third-order valence-corrected chi connectivity index (χ3v) is 17.7. The molecule has 84 heavy (non-hydrogen) atoms. The van der Waals surface area contributed by atoms with Gasteiger partial charge in [-0.05, 0) is 228 Å². The van der Waals surface area contributed by atoms with E-state index in [1.165, 1.54) is 24.5 Å². The summed E-state index contributed by atoms with van der Waals surface area (Å²) in [6, 6.07) is 0. The van der Waals surface area contributed by atoms with E-state index in [9.17, 15) is 33.6 Å². The molecule has 470 valence electrons. The summed E-state index contributed by atoms with van der Waals surface area (Å²) in [7, 11) is 0. The Hall–Kier alpha value is -5.99. The Kier molecular flexibility index (Phi) is 34.7. The molecule has 0 aromatic carbocycles. The molecule has 0 atom stereocenters. The highest BCUT2D eigenvalue weighted by atomic mass is 16.6. The van der Waals surface area contributed by atoms with Crippen molar-refractivity contribution in [3.05, 3.63) is 99.4 Å². The molecular weight excluding hydrogens is 1070 g/mol. The van der Waals surface area contributed by atoms with Crippen molar-refractivity contribution in [2.45, 2.75) is 219 Å². The van der Waals surface area contributed by atoms with E-state index in [4.69, 9.17) is 37.9 Å². The van der Waals surface area contributed by atoms with E-state index >= 15 is 0 Å². The van der Waals surface area contributed by atoms with Crippen LogP contribution in [0.25, 0.3) is 0 Å². The van der Waals surface area contributed by atoms with Gasteiger partial charge in [-0.2, -0.15) is 0 Å². The first-order valence-corrected chi connectivity index (χ1v) is 31.3. The molecule has 6 aliphatic carbocycles. The van der Waals surface area contributed by atoms with E-state index in [0.717, 1.165) is 161 Å². The summed E-state index contributed by atoms with van der Waals surface area (Å²) in [4.78, 5) is 79.6. The number of rotatable bonds is 24. The molecule has 0 unspecified atom stereocenters.